The number of rotatable bonds is 9. The van der Waals surface area contributed by atoms with Crippen molar-refractivity contribution in [2.24, 2.45) is 7.05 Å². The lowest BCUT2D eigenvalue weighted by atomic mass is 10.1. The summed E-state index contributed by atoms with van der Waals surface area (Å²) in [6, 6.07) is 20.6. The topological polar surface area (TPSA) is 102 Å². The van der Waals surface area contributed by atoms with E-state index in [2.05, 4.69) is 25.8 Å². The first-order valence-corrected chi connectivity index (χ1v) is 11.7. The fraction of sp³-hybridized carbons (Fsp3) is 0.160. The molecule has 172 valence electrons. The molecule has 9 heteroatoms. The van der Waals surface area contributed by atoms with Crippen LogP contribution in [-0.4, -0.2) is 43.9 Å². The third kappa shape index (κ3) is 5.87. The van der Waals surface area contributed by atoms with Crippen LogP contribution in [0, 0.1) is 0 Å². The lowest BCUT2D eigenvalue weighted by molar-refractivity contribution is -0.113. The molecule has 0 radical (unpaired) electrons. The van der Waals surface area contributed by atoms with Crippen LogP contribution in [0.3, 0.4) is 0 Å². The molecule has 0 saturated heterocycles. The monoisotopic (exact) mass is 472 g/mol. The largest absolute Gasteiger partial charge is 0.352 e. The van der Waals surface area contributed by atoms with E-state index in [0.717, 1.165) is 17.5 Å². The molecule has 2 aromatic heterocycles. The first kappa shape index (κ1) is 23.2. The Morgan fingerprint density at radius 1 is 0.941 bits per heavy atom. The zero-order valence-corrected chi connectivity index (χ0v) is 19.5. The Morgan fingerprint density at radius 3 is 2.47 bits per heavy atom. The maximum absolute atomic E-state index is 12.7. The van der Waals surface area contributed by atoms with E-state index in [4.69, 9.17) is 0 Å². The molecule has 4 aromatic rings. The number of nitrogens with one attached hydrogen (secondary N) is 2. The molecular weight excluding hydrogens is 448 g/mol. The normalized spacial score (nSPS) is 10.6. The molecule has 2 amide bonds. The van der Waals surface area contributed by atoms with E-state index in [1.54, 1.807) is 36.7 Å². The number of carbonyl (C=O) groups is 2. The number of hydrogen-bond donors (Lipinski definition) is 2. The zero-order chi connectivity index (χ0) is 23.8. The predicted octanol–water partition coefficient (Wildman–Crippen LogP) is 3.58. The smallest absolute Gasteiger partial charge is 0.253 e. The van der Waals surface area contributed by atoms with Crippen LogP contribution in [0.1, 0.15) is 15.9 Å². The minimum atomic E-state index is -0.233. The maximum Gasteiger partial charge on any atom is 0.253 e. The van der Waals surface area contributed by atoms with Crippen molar-refractivity contribution in [3.8, 4) is 11.4 Å². The van der Waals surface area contributed by atoms with Crippen molar-refractivity contribution in [3.05, 3.63) is 90.3 Å². The molecule has 0 fully saturated rings. The zero-order valence-electron chi connectivity index (χ0n) is 18.6. The summed E-state index contributed by atoms with van der Waals surface area (Å²) in [5.41, 5.74) is 2.94. The van der Waals surface area contributed by atoms with Crippen molar-refractivity contribution in [1.82, 2.24) is 25.1 Å². The third-order valence-electron chi connectivity index (χ3n) is 5.09. The van der Waals surface area contributed by atoms with Gasteiger partial charge in [-0.3, -0.25) is 14.6 Å². The quantitative estimate of drug-likeness (QED) is 0.361. The minimum Gasteiger partial charge on any atom is -0.352 e. The number of aromatic nitrogens is 4. The fourth-order valence-corrected chi connectivity index (χ4v) is 4.07. The lowest BCUT2D eigenvalue weighted by Gasteiger charge is -2.11. The first-order valence-electron chi connectivity index (χ1n) is 10.8. The Kier molecular flexibility index (Phi) is 7.67. The van der Waals surface area contributed by atoms with E-state index < -0.39 is 0 Å². The summed E-state index contributed by atoms with van der Waals surface area (Å²) in [6.45, 7) is 0.507. The Labute approximate surface area is 201 Å². The van der Waals surface area contributed by atoms with Crippen molar-refractivity contribution in [2.75, 3.05) is 17.6 Å². The number of carbonyl (C=O) groups excluding carboxylic acids is 2. The second kappa shape index (κ2) is 11.2. The molecule has 8 nitrogen and oxygen atoms in total. The number of pyridine rings is 1. The number of hydrogen-bond acceptors (Lipinski definition) is 6. The van der Waals surface area contributed by atoms with Gasteiger partial charge in [0, 0.05) is 31.5 Å². The second-order valence-corrected chi connectivity index (χ2v) is 8.42. The molecule has 4 rings (SSSR count). The molecular formula is C25H24N6O2S. The highest BCUT2D eigenvalue weighted by Crippen LogP contribution is 2.22. The van der Waals surface area contributed by atoms with Crippen molar-refractivity contribution < 1.29 is 9.59 Å². The molecule has 0 atom stereocenters. The van der Waals surface area contributed by atoms with E-state index in [0.29, 0.717) is 28.8 Å². The van der Waals surface area contributed by atoms with E-state index in [1.165, 1.54) is 11.8 Å². The second-order valence-electron chi connectivity index (χ2n) is 7.48. The first-order chi connectivity index (χ1) is 16.6. The van der Waals surface area contributed by atoms with Gasteiger partial charge in [-0.25, -0.2) is 0 Å². The molecule has 0 spiro atoms. The van der Waals surface area contributed by atoms with Crippen molar-refractivity contribution in [3.63, 3.8) is 0 Å². The predicted molar refractivity (Wildman–Crippen MR) is 133 cm³/mol. The fourth-order valence-electron chi connectivity index (χ4n) is 3.36. The molecule has 34 heavy (non-hydrogen) atoms. The van der Waals surface area contributed by atoms with Crippen LogP contribution in [0.2, 0.25) is 0 Å². The van der Waals surface area contributed by atoms with Crippen LogP contribution in [0.25, 0.3) is 11.4 Å². The van der Waals surface area contributed by atoms with Crippen molar-refractivity contribution in [1.29, 1.82) is 0 Å². The van der Waals surface area contributed by atoms with Gasteiger partial charge < -0.3 is 15.2 Å². The van der Waals surface area contributed by atoms with Crippen molar-refractivity contribution in [2.45, 2.75) is 11.6 Å². The number of benzene rings is 2. The summed E-state index contributed by atoms with van der Waals surface area (Å²) in [6.07, 6.45) is 4.12. The molecule has 2 heterocycles. The molecule has 0 aliphatic rings. The third-order valence-corrected chi connectivity index (χ3v) is 6.11. The number of thioether (sulfide) groups is 1. The van der Waals surface area contributed by atoms with E-state index in [1.807, 2.05) is 54.1 Å². The van der Waals surface area contributed by atoms with Crippen LogP contribution in [-0.2, 0) is 18.3 Å². The number of nitrogens with zero attached hydrogens (tertiary/aromatic N) is 4. The van der Waals surface area contributed by atoms with Gasteiger partial charge in [0.2, 0.25) is 5.91 Å². The van der Waals surface area contributed by atoms with Crippen LogP contribution in [0.15, 0.2) is 84.3 Å². The number of para-hydroxylation sites is 1. The summed E-state index contributed by atoms with van der Waals surface area (Å²) in [7, 11) is 1.85. The highest BCUT2D eigenvalue weighted by Gasteiger charge is 2.15. The van der Waals surface area contributed by atoms with Gasteiger partial charge in [0.1, 0.15) is 0 Å². The highest BCUT2D eigenvalue weighted by atomic mass is 32.2. The van der Waals surface area contributed by atoms with E-state index >= 15 is 0 Å². The van der Waals surface area contributed by atoms with Gasteiger partial charge in [-0.15, -0.1) is 10.2 Å². The van der Waals surface area contributed by atoms with Crippen LogP contribution in [0.5, 0.6) is 0 Å². The summed E-state index contributed by atoms with van der Waals surface area (Å²) in [4.78, 5) is 29.3. The van der Waals surface area contributed by atoms with Gasteiger partial charge in [0.25, 0.3) is 5.91 Å². The lowest BCUT2D eigenvalue weighted by Crippen LogP contribution is -2.27. The molecule has 0 bridgehead atoms. The maximum atomic E-state index is 12.7. The minimum absolute atomic E-state index is 0.131. The standard InChI is InChI=1S/C25H24N6O2S/c1-31-23(19-12-14-26-15-13-19)29-30-25(31)34-17-22(32)28-21-10-6-5-9-20(21)24(33)27-16-11-18-7-3-2-4-8-18/h2-10,12-15H,11,16-17H2,1H3,(H,27,33)(H,28,32). The summed E-state index contributed by atoms with van der Waals surface area (Å²) >= 11 is 1.28. The van der Waals surface area contributed by atoms with Gasteiger partial charge in [0.05, 0.1) is 17.0 Å². The molecule has 0 aliphatic carbocycles. The molecule has 2 aromatic carbocycles. The highest BCUT2D eigenvalue weighted by molar-refractivity contribution is 7.99. The van der Waals surface area contributed by atoms with Gasteiger partial charge >= 0.3 is 0 Å². The molecule has 2 N–H and O–H groups in total. The Morgan fingerprint density at radius 2 is 1.68 bits per heavy atom. The van der Waals surface area contributed by atoms with E-state index in [-0.39, 0.29) is 17.6 Å². The van der Waals surface area contributed by atoms with Gasteiger partial charge in [-0.05, 0) is 36.2 Å². The van der Waals surface area contributed by atoms with Gasteiger partial charge in [-0.2, -0.15) is 0 Å². The van der Waals surface area contributed by atoms with Gasteiger partial charge in [0.15, 0.2) is 11.0 Å². The van der Waals surface area contributed by atoms with Crippen LogP contribution in [0.4, 0.5) is 5.69 Å². The Bertz CT molecular complexity index is 1260. The Balaban J connectivity index is 1.33. The number of amides is 2. The van der Waals surface area contributed by atoms with E-state index in [9.17, 15) is 9.59 Å². The molecule has 0 aliphatic heterocycles. The number of anilines is 1. The summed E-state index contributed by atoms with van der Waals surface area (Å²) < 4.78 is 1.83. The van der Waals surface area contributed by atoms with Crippen molar-refractivity contribution >= 4 is 29.3 Å². The average Bonchev–Trinajstić information content (AvgIpc) is 3.24. The van der Waals surface area contributed by atoms with Gasteiger partial charge in [-0.1, -0.05) is 54.2 Å². The summed E-state index contributed by atoms with van der Waals surface area (Å²) in [5.74, 6) is 0.368. The molecule has 0 unspecified atom stereocenters. The van der Waals surface area contributed by atoms with Crippen LogP contribution >= 0.6 is 11.8 Å². The SMILES string of the molecule is Cn1c(SCC(=O)Nc2ccccc2C(=O)NCCc2ccccc2)nnc1-c1ccncc1. The summed E-state index contributed by atoms with van der Waals surface area (Å²) in [5, 5.41) is 14.8. The molecule has 0 saturated carbocycles. The Hall–Kier alpha value is -3.98. The average molecular weight is 473 g/mol. The van der Waals surface area contributed by atoms with Crippen LogP contribution < -0.4 is 10.6 Å².